The molecule has 0 saturated heterocycles. The molecule has 1 aromatic rings. The second-order valence-electron chi connectivity index (χ2n) is 6.61. The molecule has 2 bridgehead atoms. The fraction of sp³-hybridized carbons (Fsp3) is 0.812. The highest BCUT2D eigenvalue weighted by atomic mass is 15.3. The fourth-order valence-corrected chi connectivity index (χ4v) is 4.50. The van der Waals surface area contributed by atoms with E-state index in [-0.39, 0.29) is 0 Å². The molecule has 106 valence electrons. The van der Waals surface area contributed by atoms with Crippen molar-refractivity contribution in [3.05, 3.63) is 17.5 Å². The third kappa shape index (κ3) is 2.58. The Morgan fingerprint density at radius 2 is 2.26 bits per heavy atom. The first-order chi connectivity index (χ1) is 9.17. The van der Waals surface area contributed by atoms with Gasteiger partial charge in [-0.05, 0) is 56.6 Å². The number of aromatic nitrogens is 2. The van der Waals surface area contributed by atoms with Crippen LogP contribution in [0.15, 0.2) is 6.07 Å². The van der Waals surface area contributed by atoms with Gasteiger partial charge in [-0.25, -0.2) is 0 Å². The number of nitrogens with one attached hydrogen (secondary N) is 1. The molecule has 2 fully saturated rings. The van der Waals surface area contributed by atoms with E-state index in [9.17, 15) is 0 Å². The van der Waals surface area contributed by atoms with Gasteiger partial charge in [0, 0.05) is 25.2 Å². The zero-order chi connectivity index (χ0) is 13.4. The first-order valence-electron chi connectivity index (χ1n) is 7.90. The lowest BCUT2D eigenvalue weighted by atomic mass is 9.81. The Morgan fingerprint density at radius 1 is 1.42 bits per heavy atom. The van der Waals surface area contributed by atoms with Crippen LogP contribution in [0.3, 0.4) is 0 Å². The van der Waals surface area contributed by atoms with Crippen molar-refractivity contribution < 1.29 is 0 Å². The smallest absolute Gasteiger partial charge is 0.0596 e. The summed E-state index contributed by atoms with van der Waals surface area (Å²) in [5, 5.41) is 8.24. The van der Waals surface area contributed by atoms with Crippen LogP contribution in [-0.2, 0) is 13.5 Å². The first kappa shape index (κ1) is 13.2. The Hall–Kier alpha value is -0.830. The van der Waals surface area contributed by atoms with E-state index < -0.39 is 0 Å². The van der Waals surface area contributed by atoms with Crippen molar-refractivity contribution in [1.82, 2.24) is 15.1 Å². The molecule has 4 atom stereocenters. The number of hydrogen-bond acceptors (Lipinski definition) is 2. The Labute approximate surface area is 116 Å². The third-order valence-electron chi connectivity index (χ3n) is 5.30. The second-order valence-corrected chi connectivity index (χ2v) is 6.61. The molecule has 0 aliphatic heterocycles. The van der Waals surface area contributed by atoms with Crippen molar-refractivity contribution in [2.75, 3.05) is 6.54 Å². The van der Waals surface area contributed by atoms with Crippen LogP contribution in [-0.4, -0.2) is 22.4 Å². The van der Waals surface area contributed by atoms with Crippen LogP contribution in [0.4, 0.5) is 0 Å². The van der Waals surface area contributed by atoms with Crippen molar-refractivity contribution in [2.45, 2.75) is 52.0 Å². The Kier molecular flexibility index (Phi) is 3.66. The molecule has 19 heavy (non-hydrogen) atoms. The van der Waals surface area contributed by atoms with Gasteiger partial charge in [0.25, 0.3) is 0 Å². The van der Waals surface area contributed by atoms with Crippen LogP contribution in [0, 0.1) is 24.7 Å². The molecule has 0 radical (unpaired) electrons. The summed E-state index contributed by atoms with van der Waals surface area (Å²) in [7, 11) is 2.08. The second kappa shape index (κ2) is 5.28. The number of aryl methyl sites for hydroxylation is 2. The van der Waals surface area contributed by atoms with E-state index >= 15 is 0 Å². The molecule has 3 heteroatoms. The summed E-state index contributed by atoms with van der Waals surface area (Å²) in [4.78, 5) is 0. The van der Waals surface area contributed by atoms with E-state index in [1.807, 2.05) is 0 Å². The van der Waals surface area contributed by atoms with E-state index in [4.69, 9.17) is 0 Å². The lowest BCUT2D eigenvalue weighted by Gasteiger charge is -2.31. The highest BCUT2D eigenvalue weighted by Gasteiger charge is 2.42. The Bertz CT molecular complexity index is 437. The van der Waals surface area contributed by atoms with Crippen LogP contribution >= 0.6 is 0 Å². The van der Waals surface area contributed by atoms with Crippen molar-refractivity contribution in [1.29, 1.82) is 0 Å². The van der Waals surface area contributed by atoms with Gasteiger partial charge in [-0.2, -0.15) is 5.10 Å². The fourth-order valence-electron chi connectivity index (χ4n) is 4.50. The van der Waals surface area contributed by atoms with Gasteiger partial charge in [0.05, 0.1) is 5.69 Å². The van der Waals surface area contributed by atoms with Gasteiger partial charge in [0.15, 0.2) is 0 Å². The molecule has 1 N–H and O–H groups in total. The van der Waals surface area contributed by atoms with Crippen molar-refractivity contribution in [3.63, 3.8) is 0 Å². The zero-order valence-corrected chi connectivity index (χ0v) is 12.5. The first-order valence-corrected chi connectivity index (χ1v) is 7.90. The van der Waals surface area contributed by atoms with E-state index in [0.29, 0.717) is 6.04 Å². The number of likely N-dealkylation sites (N-methyl/N-ethyl adjacent to an activating group) is 1. The molecule has 2 aliphatic carbocycles. The third-order valence-corrected chi connectivity index (χ3v) is 5.30. The van der Waals surface area contributed by atoms with Crippen LogP contribution in [0.5, 0.6) is 0 Å². The lowest BCUT2D eigenvalue weighted by molar-refractivity contribution is 0.247. The molecule has 3 rings (SSSR count). The average molecular weight is 261 g/mol. The topological polar surface area (TPSA) is 29.9 Å². The van der Waals surface area contributed by atoms with Crippen molar-refractivity contribution >= 4 is 0 Å². The SMILES string of the molecule is CCNC(Cc1cc(C)nn1C)C1CC2CCC1C2. The molecular formula is C16H27N3. The molecule has 0 aromatic carbocycles. The van der Waals surface area contributed by atoms with E-state index in [1.54, 1.807) is 0 Å². The Morgan fingerprint density at radius 3 is 2.79 bits per heavy atom. The summed E-state index contributed by atoms with van der Waals surface area (Å²) in [6, 6.07) is 2.90. The maximum atomic E-state index is 4.49. The lowest BCUT2D eigenvalue weighted by Crippen LogP contribution is -2.40. The van der Waals surface area contributed by atoms with Gasteiger partial charge in [-0.1, -0.05) is 13.3 Å². The highest BCUT2D eigenvalue weighted by Crippen LogP contribution is 2.49. The molecule has 1 aromatic heterocycles. The van der Waals surface area contributed by atoms with Crippen LogP contribution < -0.4 is 5.32 Å². The average Bonchev–Trinajstić information content (AvgIpc) is 3.05. The normalized spacial score (nSPS) is 31.0. The molecule has 2 saturated carbocycles. The van der Waals surface area contributed by atoms with E-state index in [0.717, 1.165) is 36.4 Å². The van der Waals surface area contributed by atoms with Crippen LogP contribution in [0.1, 0.15) is 44.0 Å². The highest BCUT2D eigenvalue weighted by molar-refractivity contribution is 5.11. The summed E-state index contributed by atoms with van der Waals surface area (Å²) < 4.78 is 2.06. The quantitative estimate of drug-likeness (QED) is 0.883. The van der Waals surface area contributed by atoms with Crippen molar-refractivity contribution in [2.24, 2.45) is 24.8 Å². The Balaban J connectivity index is 1.72. The molecule has 1 heterocycles. The van der Waals surface area contributed by atoms with Crippen LogP contribution in [0.2, 0.25) is 0 Å². The van der Waals surface area contributed by atoms with Gasteiger partial charge in [-0.15, -0.1) is 0 Å². The largest absolute Gasteiger partial charge is 0.314 e. The van der Waals surface area contributed by atoms with Crippen LogP contribution in [0.25, 0.3) is 0 Å². The van der Waals surface area contributed by atoms with Gasteiger partial charge in [0.2, 0.25) is 0 Å². The zero-order valence-electron chi connectivity index (χ0n) is 12.5. The van der Waals surface area contributed by atoms with Gasteiger partial charge in [-0.3, -0.25) is 4.68 Å². The molecular weight excluding hydrogens is 234 g/mol. The van der Waals surface area contributed by atoms with E-state index in [1.165, 1.54) is 31.4 Å². The van der Waals surface area contributed by atoms with E-state index in [2.05, 4.69) is 42.1 Å². The summed E-state index contributed by atoms with van der Waals surface area (Å²) in [5.41, 5.74) is 2.52. The number of hydrogen-bond donors (Lipinski definition) is 1. The predicted molar refractivity (Wildman–Crippen MR) is 78.1 cm³/mol. The maximum Gasteiger partial charge on any atom is 0.0596 e. The minimum atomic E-state index is 0.648. The minimum absolute atomic E-state index is 0.648. The number of nitrogens with zero attached hydrogens (tertiary/aromatic N) is 2. The van der Waals surface area contributed by atoms with Gasteiger partial charge in [0.1, 0.15) is 0 Å². The summed E-state index contributed by atoms with van der Waals surface area (Å²) >= 11 is 0. The monoisotopic (exact) mass is 261 g/mol. The van der Waals surface area contributed by atoms with Gasteiger partial charge < -0.3 is 5.32 Å². The predicted octanol–water partition coefficient (Wildman–Crippen LogP) is 2.69. The maximum absolute atomic E-state index is 4.49. The standard InChI is InChI=1S/C16H27N3/c1-4-17-16(10-14-7-11(2)18-19(14)3)15-9-12-5-6-13(15)8-12/h7,12-13,15-17H,4-6,8-10H2,1-3H3. The molecule has 3 nitrogen and oxygen atoms in total. The summed E-state index contributed by atoms with van der Waals surface area (Å²) in [6.07, 6.45) is 7.06. The number of rotatable bonds is 5. The molecule has 0 amide bonds. The molecule has 2 aliphatic rings. The van der Waals surface area contributed by atoms with Crippen molar-refractivity contribution in [3.8, 4) is 0 Å². The van der Waals surface area contributed by atoms with Gasteiger partial charge >= 0.3 is 0 Å². The minimum Gasteiger partial charge on any atom is -0.314 e. The number of fused-ring (bicyclic) bond motifs is 2. The summed E-state index contributed by atoms with van der Waals surface area (Å²) in [6.45, 7) is 5.40. The molecule has 0 spiro atoms. The summed E-state index contributed by atoms with van der Waals surface area (Å²) in [5.74, 6) is 2.92. The molecule has 4 unspecified atom stereocenters.